The van der Waals surface area contributed by atoms with Crippen molar-refractivity contribution in [3.8, 4) is 11.8 Å². The summed E-state index contributed by atoms with van der Waals surface area (Å²) < 4.78 is 0. The molecule has 0 aliphatic carbocycles. The SMILES string of the molecule is [C-]#[N+]c1cc(C#CCO)cc(C=O)c1. The topological polar surface area (TPSA) is 41.7 Å². The molecule has 1 aromatic rings. The van der Waals surface area contributed by atoms with Crippen LogP contribution in [0, 0.1) is 18.4 Å². The zero-order chi connectivity index (χ0) is 10.4. The molecular weight excluding hydrogens is 178 g/mol. The van der Waals surface area contributed by atoms with Crippen molar-refractivity contribution in [2.45, 2.75) is 0 Å². The largest absolute Gasteiger partial charge is 0.384 e. The highest BCUT2D eigenvalue weighted by molar-refractivity contribution is 5.78. The molecule has 0 amide bonds. The minimum absolute atomic E-state index is 0.237. The van der Waals surface area contributed by atoms with E-state index < -0.39 is 0 Å². The predicted molar refractivity (Wildman–Crippen MR) is 52.1 cm³/mol. The van der Waals surface area contributed by atoms with E-state index in [0.29, 0.717) is 23.1 Å². The number of carbonyl (C=O) groups is 1. The van der Waals surface area contributed by atoms with E-state index in [1.54, 1.807) is 12.1 Å². The van der Waals surface area contributed by atoms with E-state index in [0.717, 1.165) is 0 Å². The standard InChI is InChI=1S/C11H7NO2/c1-12-11-6-9(3-2-4-13)5-10(7-11)8-14/h5-8,13H,4H2. The lowest BCUT2D eigenvalue weighted by Crippen LogP contribution is -1.82. The van der Waals surface area contributed by atoms with Crippen molar-refractivity contribution >= 4 is 12.0 Å². The van der Waals surface area contributed by atoms with Gasteiger partial charge in [-0.2, -0.15) is 0 Å². The Bertz CT molecular complexity index is 447. The van der Waals surface area contributed by atoms with Crippen LogP contribution in [-0.4, -0.2) is 18.0 Å². The van der Waals surface area contributed by atoms with Crippen LogP contribution in [0.5, 0.6) is 0 Å². The molecule has 0 spiro atoms. The molecule has 1 N–H and O–H groups in total. The summed E-state index contributed by atoms with van der Waals surface area (Å²) in [7, 11) is 0. The lowest BCUT2D eigenvalue weighted by atomic mass is 10.1. The van der Waals surface area contributed by atoms with Gasteiger partial charge in [0.1, 0.15) is 12.9 Å². The molecule has 0 radical (unpaired) electrons. The van der Waals surface area contributed by atoms with Crippen LogP contribution in [0.2, 0.25) is 0 Å². The van der Waals surface area contributed by atoms with E-state index in [9.17, 15) is 4.79 Å². The van der Waals surface area contributed by atoms with Gasteiger partial charge in [0, 0.05) is 11.1 Å². The summed E-state index contributed by atoms with van der Waals surface area (Å²) >= 11 is 0. The van der Waals surface area contributed by atoms with Gasteiger partial charge < -0.3 is 5.11 Å². The van der Waals surface area contributed by atoms with Crippen molar-refractivity contribution < 1.29 is 9.90 Å². The molecule has 0 aromatic heterocycles. The maximum Gasteiger partial charge on any atom is 0.189 e. The molecule has 0 unspecified atom stereocenters. The third-order valence-electron chi connectivity index (χ3n) is 1.52. The van der Waals surface area contributed by atoms with Gasteiger partial charge in [-0.25, -0.2) is 4.85 Å². The lowest BCUT2D eigenvalue weighted by molar-refractivity contribution is 0.112. The summed E-state index contributed by atoms with van der Waals surface area (Å²) in [5.41, 5.74) is 1.35. The molecule has 1 aromatic carbocycles. The zero-order valence-corrected chi connectivity index (χ0v) is 7.32. The van der Waals surface area contributed by atoms with Crippen LogP contribution in [0.15, 0.2) is 18.2 Å². The van der Waals surface area contributed by atoms with Crippen molar-refractivity contribution in [2.24, 2.45) is 0 Å². The molecule has 0 saturated heterocycles. The smallest absolute Gasteiger partial charge is 0.189 e. The predicted octanol–water partition coefficient (Wildman–Crippen LogP) is 1.39. The molecule has 3 nitrogen and oxygen atoms in total. The second-order valence-corrected chi connectivity index (χ2v) is 2.50. The van der Waals surface area contributed by atoms with Gasteiger partial charge in [-0.3, -0.25) is 4.79 Å². The lowest BCUT2D eigenvalue weighted by Gasteiger charge is -1.94. The van der Waals surface area contributed by atoms with E-state index in [-0.39, 0.29) is 6.61 Å². The van der Waals surface area contributed by atoms with Crippen LogP contribution in [-0.2, 0) is 0 Å². The normalized spacial score (nSPS) is 8.29. The Morgan fingerprint density at radius 1 is 1.50 bits per heavy atom. The molecule has 14 heavy (non-hydrogen) atoms. The maximum atomic E-state index is 10.5. The minimum atomic E-state index is -0.237. The number of benzene rings is 1. The second kappa shape index (κ2) is 4.81. The number of hydrogen-bond acceptors (Lipinski definition) is 2. The number of nitrogens with zero attached hydrogens (tertiary/aromatic N) is 1. The Morgan fingerprint density at radius 3 is 2.86 bits per heavy atom. The van der Waals surface area contributed by atoms with Crippen LogP contribution in [0.1, 0.15) is 15.9 Å². The highest BCUT2D eigenvalue weighted by Gasteiger charge is 1.97. The molecular formula is C11H7NO2. The molecule has 0 aliphatic heterocycles. The Labute approximate surface area is 81.8 Å². The van der Waals surface area contributed by atoms with Crippen LogP contribution in [0.25, 0.3) is 4.85 Å². The van der Waals surface area contributed by atoms with Crippen LogP contribution in [0.3, 0.4) is 0 Å². The number of hydrogen-bond donors (Lipinski definition) is 1. The fraction of sp³-hybridized carbons (Fsp3) is 0.0909. The molecule has 0 atom stereocenters. The number of aliphatic hydroxyl groups is 1. The van der Waals surface area contributed by atoms with Gasteiger partial charge in [0.15, 0.2) is 5.69 Å². The number of aldehydes is 1. The van der Waals surface area contributed by atoms with Gasteiger partial charge in [-0.05, 0) is 18.2 Å². The Kier molecular flexibility index (Phi) is 3.43. The maximum absolute atomic E-state index is 10.5. The average Bonchev–Trinajstić information content (AvgIpc) is 2.25. The number of rotatable bonds is 1. The molecule has 0 fully saturated rings. The van der Waals surface area contributed by atoms with Gasteiger partial charge in [0.2, 0.25) is 0 Å². The van der Waals surface area contributed by atoms with Crippen LogP contribution >= 0.6 is 0 Å². The van der Waals surface area contributed by atoms with Gasteiger partial charge in [0.25, 0.3) is 0 Å². The average molecular weight is 185 g/mol. The highest BCUT2D eigenvalue weighted by Crippen LogP contribution is 2.16. The third kappa shape index (κ3) is 2.45. The number of aliphatic hydroxyl groups excluding tert-OH is 1. The first-order chi connectivity index (χ1) is 6.80. The molecule has 0 aliphatic rings. The highest BCUT2D eigenvalue weighted by atomic mass is 16.2. The first-order valence-corrected chi connectivity index (χ1v) is 3.87. The Hall–Kier alpha value is -2.10. The molecule has 0 saturated carbocycles. The van der Waals surface area contributed by atoms with Crippen molar-refractivity contribution in [1.82, 2.24) is 0 Å². The Balaban J connectivity index is 3.18. The van der Waals surface area contributed by atoms with E-state index in [2.05, 4.69) is 16.7 Å². The second-order valence-electron chi connectivity index (χ2n) is 2.50. The van der Waals surface area contributed by atoms with Crippen molar-refractivity contribution in [1.29, 1.82) is 0 Å². The minimum Gasteiger partial charge on any atom is -0.384 e. The monoisotopic (exact) mass is 185 g/mol. The van der Waals surface area contributed by atoms with E-state index in [4.69, 9.17) is 11.7 Å². The first kappa shape index (κ1) is 9.98. The quantitative estimate of drug-likeness (QED) is 0.408. The fourth-order valence-electron chi connectivity index (χ4n) is 0.981. The summed E-state index contributed by atoms with van der Waals surface area (Å²) in [6.45, 7) is 6.56. The molecule has 3 heteroatoms. The molecule has 0 bridgehead atoms. The fourth-order valence-corrected chi connectivity index (χ4v) is 0.981. The van der Waals surface area contributed by atoms with Gasteiger partial charge in [-0.1, -0.05) is 11.8 Å². The summed E-state index contributed by atoms with van der Waals surface area (Å²) in [5.74, 6) is 5.10. The van der Waals surface area contributed by atoms with Crippen molar-refractivity contribution in [3.05, 3.63) is 40.7 Å². The van der Waals surface area contributed by atoms with E-state index in [1.807, 2.05) is 0 Å². The summed E-state index contributed by atoms with van der Waals surface area (Å²) in [6, 6.07) is 4.64. The van der Waals surface area contributed by atoms with Crippen molar-refractivity contribution in [3.63, 3.8) is 0 Å². The summed E-state index contributed by atoms with van der Waals surface area (Å²) in [6.07, 6.45) is 0.665. The van der Waals surface area contributed by atoms with Crippen LogP contribution in [0.4, 0.5) is 5.69 Å². The third-order valence-corrected chi connectivity index (χ3v) is 1.52. The van der Waals surface area contributed by atoms with E-state index in [1.165, 1.54) is 6.07 Å². The van der Waals surface area contributed by atoms with Crippen LogP contribution < -0.4 is 0 Å². The molecule has 68 valence electrons. The number of carbonyl (C=O) groups excluding carboxylic acids is 1. The summed E-state index contributed by atoms with van der Waals surface area (Å²) in [4.78, 5) is 13.7. The van der Waals surface area contributed by atoms with E-state index >= 15 is 0 Å². The molecule has 0 heterocycles. The van der Waals surface area contributed by atoms with Gasteiger partial charge in [0.05, 0.1) is 6.57 Å². The first-order valence-electron chi connectivity index (χ1n) is 3.87. The Morgan fingerprint density at radius 2 is 2.29 bits per heavy atom. The molecule has 1 rings (SSSR count). The zero-order valence-electron chi connectivity index (χ0n) is 7.32. The van der Waals surface area contributed by atoms with Crippen molar-refractivity contribution in [2.75, 3.05) is 6.61 Å². The summed E-state index contributed by atoms with van der Waals surface area (Å²) in [5, 5.41) is 8.48. The van der Waals surface area contributed by atoms with Gasteiger partial charge >= 0.3 is 0 Å². The van der Waals surface area contributed by atoms with Gasteiger partial charge in [-0.15, -0.1) is 0 Å².